The molecule has 0 saturated carbocycles. The Labute approximate surface area is 225 Å². The summed E-state index contributed by atoms with van der Waals surface area (Å²) in [5, 5.41) is 16.1. The molecule has 3 N–H and O–H groups in total. The first-order valence-electron chi connectivity index (χ1n) is 12.0. The van der Waals surface area contributed by atoms with E-state index in [9.17, 15) is 19.1 Å². The van der Waals surface area contributed by atoms with E-state index in [0.29, 0.717) is 10.9 Å². The first-order valence-corrected chi connectivity index (χ1v) is 12.8. The van der Waals surface area contributed by atoms with Crippen molar-refractivity contribution >= 4 is 27.8 Å². The molecule has 200 valence electrons. The Hall–Kier alpha value is -3.20. The number of hydrogen-bond donors (Lipinski definition) is 3. The topological polar surface area (TPSA) is 87.7 Å². The molecule has 3 atom stereocenters. The van der Waals surface area contributed by atoms with E-state index >= 15 is 4.39 Å². The third kappa shape index (κ3) is 7.41. The van der Waals surface area contributed by atoms with Gasteiger partial charge in [-0.05, 0) is 63.2 Å². The van der Waals surface area contributed by atoms with Crippen LogP contribution in [0.25, 0.3) is 0 Å². The molecular formula is C28H33BrF2N2O4. The van der Waals surface area contributed by atoms with Gasteiger partial charge in [-0.3, -0.25) is 9.59 Å². The average Bonchev–Trinajstić information content (AvgIpc) is 3.23. The molecule has 0 radical (unpaired) electrons. The zero-order valence-corrected chi connectivity index (χ0v) is 23.0. The minimum Gasteiger partial charge on any atom is -0.508 e. The van der Waals surface area contributed by atoms with Crippen molar-refractivity contribution in [1.82, 2.24) is 10.6 Å². The molecule has 0 aromatic heterocycles. The normalized spacial score (nSPS) is 17.7. The number of rotatable bonds is 12. The number of amides is 1. The molecule has 0 fully saturated rings. The van der Waals surface area contributed by atoms with Crippen LogP contribution >= 0.6 is 15.9 Å². The van der Waals surface area contributed by atoms with E-state index in [-0.39, 0.29) is 40.6 Å². The SMILES string of the molecule is C=CNC(C(=O)N[C@@H](CC(=O)OCC)C(=C(F)/C(C)=C\C)C1=C(O)C=C[C@H]1CC)c1cc(Br)ccc1F. The minimum atomic E-state index is -1.24. The lowest BCUT2D eigenvalue weighted by Gasteiger charge is -2.28. The molecule has 1 aromatic rings. The molecule has 9 heteroatoms. The van der Waals surface area contributed by atoms with Gasteiger partial charge in [0, 0.05) is 27.1 Å². The van der Waals surface area contributed by atoms with E-state index in [1.807, 2.05) is 6.92 Å². The molecule has 0 saturated heterocycles. The molecule has 1 unspecified atom stereocenters. The number of hydrogen-bond acceptors (Lipinski definition) is 5. The molecule has 2 rings (SSSR count). The van der Waals surface area contributed by atoms with Gasteiger partial charge in [-0.2, -0.15) is 0 Å². The van der Waals surface area contributed by atoms with Gasteiger partial charge >= 0.3 is 5.97 Å². The van der Waals surface area contributed by atoms with E-state index in [0.717, 1.165) is 0 Å². The number of aliphatic hydroxyl groups excluding tert-OH is 1. The van der Waals surface area contributed by atoms with Crippen LogP contribution in [0.2, 0.25) is 0 Å². The van der Waals surface area contributed by atoms with Crippen LogP contribution in [0.3, 0.4) is 0 Å². The summed E-state index contributed by atoms with van der Waals surface area (Å²) < 4.78 is 36.3. The van der Waals surface area contributed by atoms with Gasteiger partial charge in [0.1, 0.15) is 23.4 Å². The molecule has 0 heterocycles. The Balaban J connectivity index is 2.66. The summed E-state index contributed by atoms with van der Waals surface area (Å²) in [7, 11) is 0. The van der Waals surface area contributed by atoms with Crippen LogP contribution in [0.4, 0.5) is 8.78 Å². The number of aliphatic hydroxyl groups is 1. The first kappa shape index (κ1) is 30.0. The zero-order valence-electron chi connectivity index (χ0n) is 21.4. The van der Waals surface area contributed by atoms with Crippen LogP contribution in [-0.2, 0) is 14.3 Å². The van der Waals surface area contributed by atoms with Crippen LogP contribution in [0.1, 0.15) is 52.1 Å². The molecule has 0 bridgehead atoms. The van der Waals surface area contributed by atoms with E-state index < -0.39 is 42.0 Å². The number of halogens is 3. The summed E-state index contributed by atoms with van der Waals surface area (Å²) in [6.07, 6.45) is 6.15. The summed E-state index contributed by atoms with van der Waals surface area (Å²) in [5.74, 6) is -3.20. The Bertz CT molecular complexity index is 1160. The lowest BCUT2D eigenvalue weighted by molar-refractivity contribution is -0.143. The maximum atomic E-state index is 16.0. The maximum absolute atomic E-state index is 16.0. The highest BCUT2D eigenvalue weighted by Gasteiger charge is 2.35. The summed E-state index contributed by atoms with van der Waals surface area (Å²) in [6.45, 7) is 10.4. The van der Waals surface area contributed by atoms with Gasteiger partial charge in [0.2, 0.25) is 5.91 Å². The summed E-state index contributed by atoms with van der Waals surface area (Å²) in [6, 6.07) is 1.68. The number of ether oxygens (including phenoxy) is 1. The first-order chi connectivity index (χ1) is 17.6. The number of benzene rings is 1. The second-order valence-electron chi connectivity index (χ2n) is 8.41. The van der Waals surface area contributed by atoms with Crippen LogP contribution in [0.5, 0.6) is 0 Å². The van der Waals surface area contributed by atoms with Crippen LogP contribution in [-0.4, -0.2) is 29.6 Å². The molecule has 6 nitrogen and oxygen atoms in total. The highest BCUT2D eigenvalue weighted by Crippen LogP contribution is 2.38. The quantitative estimate of drug-likeness (QED) is 0.197. The van der Waals surface area contributed by atoms with Crippen molar-refractivity contribution in [3.8, 4) is 0 Å². The maximum Gasteiger partial charge on any atom is 0.308 e. The van der Waals surface area contributed by atoms with Gasteiger partial charge in [0.15, 0.2) is 0 Å². The largest absolute Gasteiger partial charge is 0.508 e. The standard InChI is InChI=1S/C28H33BrF2N2O4/c1-6-16(5)26(31)25(24-17(7-2)10-13-22(24)34)21(15-23(35)37-9-4)33-28(36)27(32-8-3)19-14-18(29)11-12-20(19)30/h6,8,10-14,17,21,27,32,34H,3,7,9,15H2,1-2,4-5H3,(H,33,36)/b16-6-,26-25?/t17-,21+,27?/m1/s1. The fourth-order valence-electron chi connectivity index (χ4n) is 4.09. The average molecular weight is 579 g/mol. The molecule has 1 aliphatic rings. The molecule has 1 aliphatic carbocycles. The Morgan fingerprint density at radius 1 is 1.32 bits per heavy atom. The molecule has 1 amide bonds. The van der Waals surface area contributed by atoms with Crippen molar-refractivity contribution in [3.63, 3.8) is 0 Å². The predicted octanol–water partition coefficient (Wildman–Crippen LogP) is 6.40. The Kier molecular flexibility index (Phi) is 11.3. The van der Waals surface area contributed by atoms with E-state index in [2.05, 4.69) is 33.1 Å². The summed E-state index contributed by atoms with van der Waals surface area (Å²) >= 11 is 3.28. The van der Waals surface area contributed by atoms with Crippen molar-refractivity contribution in [2.45, 2.75) is 52.6 Å². The Morgan fingerprint density at radius 2 is 2.03 bits per heavy atom. The van der Waals surface area contributed by atoms with Crippen LogP contribution < -0.4 is 10.6 Å². The lowest BCUT2D eigenvalue weighted by Crippen LogP contribution is -2.44. The van der Waals surface area contributed by atoms with Gasteiger partial charge in [-0.25, -0.2) is 8.78 Å². The summed E-state index contributed by atoms with van der Waals surface area (Å²) in [5.41, 5.74) is 0.531. The van der Waals surface area contributed by atoms with E-state index in [4.69, 9.17) is 4.74 Å². The fraction of sp³-hybridized carbons (Fsp3) is 0.357. The Morgan fingerprint density at radius 3 is 2.62 bits per heavy atom. The number of carbonyl (C=O) groups excluding carboxylic acids is 2. The third-order valence-corrected chi connectivity index (χ3v) is 6.53. The van der Waals surface area contributed by atoms with Gasteiger partial charge in [0.25, 0.3) is 0 Å². The summed E-state index contributed by atoms with van der Waals surface area (Å²) in [4.78, 5) is 26.1. The van der Waals surface area contributed by atoms with Crippen molar-refractivity contribution < 1.29 is 28.2 Å². The second kappa shape index (κ2) is 13.9. The van der Waals surface area contributed by atoms with Crippen molar-refractivity contribution in [1.29, 1.82) is 0 Å². The van der Waals surface area contributed by atoms with Crippen LogP contribution in [0, 0.1) is 11.7 Å². The zero-order chi connectivity index (χ0) is 27.7. The molecule has 1 aromatic carbocycles. The van der Waals surface area contributed by atoms with Gasteiger partial charge < -0.3 is 20.5 Å². The highest BCUT2D eigenvalue weighted by atomic mass is 79.9. The predicted molar refractivity (Wildman–Crippen MR) is 143 cm³/mol. The molecule has 0 spiro atoms. The lowest BCUT2D eigenvalue weighted by atomic mass is 9.85. The molecule has 37 heavy (non-hydrogen) atoms. The van der Waals surface area contributed by atoms with Crippen molar-refractivity contribution in [2.24, 2.45) is 5.92 Å². The highest BCUT2D eigenvalue weighted by molar-refractivity contribution is 9.10. The number of carbonyl (C=O) groups is 2. The van der Waals surface area contributed by atoms with Crippen molar-refractivity contribution in [3.05, 3.63) is 93.4 Å². The minimum absolute atomic E-state index is 0.0216. The monoisotopic (exact) mass is 578 g/mol. The van der Waals surface area contributed by atoms with E-state index in [1.54, 1.807) is 32.9 Å². The number of allylic oxidation sites excluding steroid dienone is 5. The van der Waals surface area contributed by atoms with E-state index in [1.165, 1.54) is 30.5 Å². The second-order valence-corrected chi connectivity index (χ2v) is 9.33. The number of esters is 1. The van der Waals surface area contributed by atoms with Crippen molar-refractivity contribution in [2.75, 3.05) is 6.61 Å². The van der Waals surface area contributed by atoms with Gasteiger partial charge in [-0.1, -0.05) is 41.6 Å². The molecule has 0 aliphatic heterocycles. The van der Waals surface area contributed by atoms with Gasteiger partial charge in [0.05, 0.1) is 19.1 Å². The molecular weight excluding hydrogens is 546 g/mol. The smallest absolute Gasteiger partial charge is 0.308 e. The number of nitrogens with one attached hydrogen (secondary N) is 2. The van der Waals surface area contributed by atoms with Gasteiger partial charge in [-0.15, -0.1) is 0 Å². The fourth-order valence-corrected chi connectivity index (χ4v) is 4.47. The third-order valence-electron chi connectivity index (χ3n) is 6.04. The van der Waals surface area contributed by atoms with Crippen LogP contribution in [0.15, 0.2) is 82.0 Å².